The van der Waals surface area contributed by atoms with E-state index in [0.29, 0.717) is 16.4 Å². The molecular weight excluding hydrogens is 404 g/mol. The zero-order valence-corrected chi connectivity index (χ0v) is 16.9. The molecule has 1 atom stereocenters. The number of halogens is 1. The summed E-state index contributed by atoms with van der Waals surface area (Å²) in [5.41, 5.74) is 1.03. The minimum atomic E-state index is -3.79. The Balaban J connectivity index is 1.90. The van der Waals surface area contributed by atoms with Crippen LogP contribution in [0.3, 0.4) is 0 Å². The summed E-state index contributed by atoms with van der Waals surface area (Å²) in [5.74, 6) is -0.618. The molecule has 0 radical (unpaired) electrons. The standard InChI is InChI=1S/C18H21ClN4O4S/c1-12(18(25)22-15-7-9-16(10-8-15)28(20,26)27)23(2)11-17(24)21-14-5-3-13(19)4-6-14/h3-10,12H,11H2,1-2H3,(H,21,24)(H,22,25)(H2,20,26,27). The molecule has 0 aromatic heterocycles. The molecule has 2 aromatic rings. The van der Waals surface area contributed by atoms with Crippen LogP contribution in [0.4, 0.5) is 11.4 Å². The van der Waals surface area contributed by atoms with Gasteiger partial charge in [-0.3, -0.25) is 14.5 Å². The van der Waals surface area contributed by atoms with Crippen LogP contribution in [0.1, 0.15) is 6.92 Å². The average Bonchev–Trinajstić information content (AvgIpc) is 2.62. The molecule has 150 valence electrons. The maximum atomic E-state index is 12.4. The second kappa shape index (κ2) is 9.16. The molecule has 2 rings (SSSR count). The molecule has 4 N–H and O–H groups in total. The number of nitrogens with zero attached hydrogens (tertiary/aromatic N) is 1. The summed E-state index contributed by atoms with van der Waals surface area (Å²) in [5, 5.41) is 11.0. The van der Waals surface area contributed by atoms with Gasteiger partial charge in [-0.15, -0.1) is 0 Å². The summed E-state index contributed by atoms with van der Waals surface area (Å²) >= 11 is 5.80. The summed E-state index contributed by atoms with van der Waals surface area (Å²) in [6.45, 7) is 1.66. The van der Waals surface area contributed by atoms with Crippen LogP contribution >= 0.6 is 11.6 Å². The van der Waals surface area contributed by atoms with Crippen molar-refractivity contribution in [3.05, 3.63) is 53.6 Å². The van der Waals surface area contributed by atoms with Gasteiger partial charge in [0.05, 0.1) is 17.5 Å². The molecule has 2 amide bonds. The molecular formula is C18H21ClN4O4S. The second-order valence-electron chi connectivity index (χ2n) is 6.20. The van der Waals surface area contributed by atoms with E-state index in [4.69, 9.17) is 16.7 Å². The fourth-order valence-electron chi connectivity index (χ4n) is 2.27. The van der Waals surface area contributed by atoms with Crippen molar-refractivity contribution in [2.45, 2.75) is 17.9 Å². The van der Waals surface area contributed by atoms with Crippen LogP contribution in [0, 0.1) is 0 Å². The monoisotopic (exact) mass is 424 g/mol. The normalized spacial score (nSPS) is 12.5. The van der Waals surface area contributed by atoms with Gasteiger partial charge in [0.15, 0.2) is 0 Å². The van der Waals surface area contributed by atoms with E-state index in [9.17, 15) is 18.0 Å². The highest BCUT2D eigenvalue weighted by atomic mass is 35.5. The van der Waals surface area contributed by atoms with Gasteiger partial charge in [-0.05, 0) is 62.5 Å². The van der Waals surface area contributed by atoms with Gasteiger partial charge in [0.1, 0.15) is 0 Å². The fourth-order valence-corrected chi connectivity index (χ4v) is 2.91. The van der Waals surface area contributed by atoms with Crippen molar-refractivity contribution in [3.63, 3.8) is 0 Å². The SMILES string of the molecule is CC(C(=O)Nc1ccc(S(N)(=O)=O)cc1)N(C)CC(=O)Nc1ccc(Cl)cc1. The first-order valence-corrected chi connectivity index (χ1v) is 10.2. The van der Waals surface area contributed by atoms with Crippen molar-refractivity contribution >= 4 is 44.8 Å². The number of nitrogens with one attached hydrogen (secondary N) is 2. The highest BCUT2D eigenvalue weighted by Gasteiger charge is 2.20. The van der Waals surface area contributed by atoms with E-state index >= 15 is 0 Å². The van der Waals surface area contributed by atoms with Gasteiger partial charge >= 0.3 is 0 Å². The van der Waals surface area contributed by atoms with Crippen molar-refractivity contribution in [2.75, 3.05) is 24.2 Å². The molecule has 0 spiro atoms. The third-order valence-electron chi connectivity index (χ3n) is 4.01. The van der Waals surface area contributed by atoms with E-state index in [1.807, 2.05) is 0 Å². The predicted molar refractivity (Wildman–Crippen MR) is 109 cm³/mol. The van der Waals surface area contributed by atoms with Crippen molar-refractivity contribution in [1.29, 1.82) is 0 Å². The molecule has 10 heteroatoms. The number of hydrogen-bond acceptors (Lipinski definition) is 5. The van der Waals surface area contributed by atoms with E-state index in [1.54, 1.807) is 43.1 Å². The summed E-state index contributed by atoms with van der Waals surface area (Å²) in [4.78, 5) is 26.0. The van der Waals surface area contributed by atoms with Gasteiger partial charge in [-0.25, -0.2) is 13.6 Å². The Kier molecular flexibility index (Phi) is 7.14. The van der Waals surface area contributed by atoms with E-state index in [2.05, 4.69) is 10.6 Å². The number of carbonyl (C=O) groups excluding carboxylic acids is 2. The van der Waals surface area contributed by atoms with Crippen molar-refractivity contribution in [3.8, 4) is 0 Å². The molecule has 0 saturated carbocycles. The number of amides is 2. The van der Waals surface area contributed by atoms with Crippen molar-refractivity contribution in [2.24, 2.45) is 5.14 Å². The van der Waals surface area contributed by atoms with Crippen molar-refractivity contribution < 1.29 is 18.0 Å². The molecule has 8 nitrogen and oxygen atoms in total. The van der Waals surface area contributed by atoms with Crippen LogP contribution in [-0.4, -0.2) is 44.8 Å². The highest BCUT2D eigenvalue weighted by molar-refractivity contribution is 7.89. The summed E-state index contributed by atoms with van der Waals surface area (Å²) in [7, 11) is -2.14. The van der Waals surface area contributed by atoms with E-state index in [0.717, 1.165) is 0 Å². The number of hydrogen-bond donors (Lipinski definition) is 3. The summed E-state index contributed by atoms with van der Waals surface area (Å²) in [6, 6.07) is 11.6. The van der Waals surface area contributed by atoms with Crippen LogP contribution in [0.15, 0.2) is 53.4 Å². The van der Waals surface area contributed by atoms with Gasteiger partial charge in [-0.2, -0.15) is 0 Å². The van der Waals surface area contributed by atoms with Crippen LogP contribution < -0.4 is 15.8 Å². The molecule has 0 fully saturated rings. The molecule has 0 aliphatic carbocycles. The minimum absolute atomic E-state index is 0.00156. The zero-order chi connectivity index (χ0) is 20.9. The lowest BCUT2D eigenvalue weighted by molar-refractivity contribution is -0.122. The third kappa shape index (κ3) is 6.31. The van der Waals surface area contributed by atoms with E-state index < -0.39 is 16.1 Å². The van der Waals surface area contributed by atoms with Crippen molar-refractivity contribution in [1.82, 2.24) is 4.90 Å². The van der Waals surface area contributed by atoms with Gasteiger partial charge < -0.3 is 10.6 Å². The third-order valence-corrected chi connectivity index (χ3v) is 5.19. The molecule has 0 saturated heterocycles. The van der Waals surface area contributed by atoms with Gasteiger partial charge in [0.2, 0.25) is 21.8 Å². The summed E-state index contributed by atoms with van der Waals surface area (Å²) < 4.78 is 22.5. The van der Waals surface area contributed by atoms with Crippen LogP contribution in [0.5, 0.6) is 0 Å². The molecule has 1 unspecified atom stereocenters. The predicted octanol–water partition coefficient (Wildman–Crippen LogP) is 1.88. The first-order valence-electron chi connectivity index (χ1n) is 8.25. The number of benzene rings is 2. The Morgan fingerprint density at radius 1 is 1.04 bits per heavy atom. The largest absolute Gasteiger partial charge is 0.325 e. The Labute approximate surface area is 168 Å². The number of likely N-dealkylation sites (N-methyl/N-ethyl adjacent to an activating group) is 1. The number of primary sulfonamides is 1. The molecule has 0 bridgehead atoms. The van der Waals surface area contributed by atoms with Crippen LogP contribution in [0.25, 0.3) is 0 Å². The molecule has 0 aliphatic heterocycles. The lowest BCUT2D eigenvalue weighted by atomic mass is 10.2. The first-order chi connectivity index (χ1) is 13.1. The molecule has 2 aromatic carbocycles. The molecule has 0 heterocycles. The van der Waals surface area contributed by atoms with Gasteiger partial charge in [-0.1, -0.05) is 11.6 Å². The number of carbonyl (C=O) groups is 2. The Hall–Kier alpha value is -2.46. The first kappa shape index (κ1) is 21.8. The number of rotatable bonds is 7. The van der Waals surface area contributed by atoms with Gasteiger partial charge in [0.25, 0.3) is 0 Å². The summed E-state index contributed by atoms with van der Waals surface area (Å²) in [6.07, 6.45) is 0. The molecule has 28 heavy (non-hydrogen) atoms. The number of anilines is 2. The Morgan fingerprint density at radius 3 is 2.07 bits per heavy atom. The smallest absolute Gasteiger partial charge is 0.241 e. The van der Waals surface area contributed by atoms with Crippen LogP contribution in [-0.2, 0) is 19.6 Å². The van der Waals surface area contributed by atoms with Gasteiger partial charge in [0, 0.05) is 16.4 Å². The minimum Gasteiger partial charge on any atom is -0.325 e. The average molecular weight is 425 g/mol. The number of nitrogens with two attached hydrogens (primary N) is 1. The maximum Gasteiger partial charge on any atom is 0.241 e. The Bertz CT molecular complexity index is 947. The lowest BCUT2D eigenvalue weighted by Gasteiger charge is -2.23. The fraction of sp³-hybridized carbons (Fsp3) is 0.222. The maximum absolute atomic E-state index is 12.4. The topological polar surface area (TPSA) is 122 Å². The second-order valence-corrected chi connectivity index (χ2v) is 8.20. The molecule has 0 aliphatic rings. The quantitative estimate of drug-likeness (QED) is 0.626. The Morgan fingerprint density at radius 2 is 1.54 bits per heavy atom. The van der Waals surface area contributed by atoms with Crippen LogP contribution in [0.2, 0.25) is 5.02 Å². The van der Waals surface area contributed by atoms with E-state index in [1.165, 1.54) is 24.3 Å². The van der Waals surface area contributed by atoms with E-state index in [-0.39, 0.29) is 23.3 Å². The lowest BCUT2D eigenvalue weighted by Crippen LogP contribution is -2.43. The zero-order valence-electron chi connectivity index (χ0n) is 15.3. The number of sulfonamides is 1. The highest BCUT2D eigenvalue weighted by Crippen LogP contribution is 2.15.